The van der Waals surface area contributed by atoms with Crippen LogP contribution in [-0.4, -0.2) is 29.3 Å². The summed E-state index contributed by atoms with van der Waals surface area (Å²) in [5.41, 5.74) is 1.88. The van der Waals surface area contributed by atoms with E-state index < -0.39 is 11.9 Å². The van der Waals surface area contributed by atoms with Crippen molar-refractivity contribution >= 4 is 27.4 Å². The maximum Gasteiger partial charge on any atom is 0.308 e. The number of hydrogen-bond acceptors (Lipinski definition) is 6. The van der Waals surface area contributed by atoms with Crippen molar-refractivity contribution in [3.05, 3.63) is 71.6 Å². The number of aliphatic carboxylic acids is 1. The largest absolute Gasteiger partial charge is 0.493 e. The Labute approximate surface area is 203 Å². The number of thiophene rings is 1. The third-order valence-electron chi connectivity index (χ3n) is 5.88. The third kappa shape index (κ3) is 5.66. The van der Waals surface area contributed by atoms with Gasteiger partial charge < -0.3 is 19.0 Å². The van der Waals surface area contributed by atoms with Crippen molar-refractivity contribution in [2.45, 2.75) is 39.7 Å². The highest BCUT2D eigenvalue weighted by Crippen LogP contribution is 2.33. The predicted molar refractivity (Wildman–Crippen MR) is 133 cm³/mol. The number of aryl methyl sites for hydroxylation is 1. The zero-order chi connectivity index (χ0) is 24.1. The van der Waals surface area contributed by atoms with Gasteiger partial charge in [0.1, 0.15) is 11.5 Å². The van der Waals surface area contributed by atoms with Gasteiger partial charge >= 0.3 is 5.97 Å². The van der Waals surface area contributed by atoms with E-state index in [1.165, 1.54) is 10.1 Å². The maximum absolute atomic E-state index is 11.2. The smallest absolute Gasteiger partial charge is 0.308 e. The molecule has 34 heavy (non-hydrogen) atoms. The van der Waals surface area contributed by atoms with Gasteiger partial charge in [0.05, 0.1) is 35.8 Å². The first-order valence-corrected chi connectivity index (χ1v) is 12.3. The van der Waals surface area contributed by atoms with E-state index in [9.17, 15) is 4.79 Å². The van der Waals surface area contributed by atoms with Gasteiger partial charge in [-0.3, -0.25) is 4.79 Å². The molecule has 0 aliphatic heterocycles. The molecule has 0 spiro atoms. The van der Waals surface area contributed by atoms with Crippen LogP contribution in [0.3, 0.4) is 0 Å². The number of nitrogens with zero attached hydrogens (tertiary/aromatic N) is 1. The minimum Gasteiger partial charge on any atom is -0.493 e. The van der Waals surface area contributed by atoms with Gasteiger partial charge in [-0.1, -0.05) is 37.3 Å². The minimum atomic E-state index is -0.822. The monoisotopic (exact) mass is 479 g/mol. The third-order valence-corrected chi connectivity index (χ3v) is 6.98. The Morgan fingerprint density at radius 1 is 1.18 bits per heavy atom. The Kier molecular flexibility index (Phi) is 7.65. The fourth-order valence-electron chi connectivity index (χ4n) is 3.67. The average Bonchev–Trinajstić information content (AvgIpc) is 3.43. The Morgan fingerprint density at radius 3 is 2.65 bits per heavy atom. The number of hydrogen-bond donors (Lipinski definition) is 1. The lowest BCUT2D eigenvalue weighted by atomic mass is 10.1. The first-order chi connectivity index (χ1) is 16.4. The second-order valence-corrected chi connectivity index (χ2v) is 9.34. The molecule has 0 aliphatic carbocycles. The first-order valence-electron chi connectivity index (χ1n) is 11.5. The summed E-state index contributed by atoms with van der Waals surface area (Å²) >= 11 is 1.68. The summed E-state index contributed by atoms with van der Waals surface area (Å²) in [5.74, 6) is 0.921. The van der Waals surface area contributed by atoms with Crippen molar-refractivity contribution in [3.63, 3.8) is 0 Å². The normalized spacial score (nSPS) is 13.1. The molecule has 2 unspecified atom stereocenters. The van der Waals surface area contributed by atoms with Crippen LogP contribution < -0.4 is 4.74 Å². The number of carbonyl (C=O) groups is 1. The number of benzene rings is 2. The van der Waals surface area contributed by atoms with E-state index in [0.717, 1.165) is 27.6 Å². The fraction of sp³-hybridized carbons (Fsp3) is 0.333. The van der Waals surface area contributed by atoms with Crippen molar-refractivity contribution in [1.82, 2.24) is 4.98 Å². The topological polar surface area (TPSA) is 81.8 Å². The van der Waals surface area contributed by atoms with Crippen LogP contribution in [0.15, 0.2) is 59.0 Å². The van der Waals surface area contributed by atoms with Gasteiger partial charge in [0.15, 0.2) is 0 Å². The summed E-state index contributed by atoms with van der Waals surface area (Å²) in [4.78, 5) is 16.9. The summed E-state index contributed by atoms with van der Waals surface area (Å²) in [6.45, 7) is 6.40. The molecule has 0 amide bonds. The van der Waals surface area contributed by atoms with Gasteiger partial charge in [-0.2, -0.15) is 0 Å². The van der Waals surface area contributed by atoms with E-state index in [4.69, 9.17) is 24.0 Å². The van der Waals surface area contributed by atoms with Crippen LogP contribution in [0.5, 0.6) is 5.75 Å². The maximum atomic E-state index is 11.2. The Morgan fingerprint density at radius 2 is 1.94 bits per heavy atom. The molecular weight excluding hydrogens is 450 g/mol. The predicted octanol–water partition coefficient (Wildman–Crippen LogP) is 6.67. The number of oxazole rings is 1. The molecule has 6 nitrogen and oxygen atoms in total. The van der Waals surface area contributed by atoms with Crippen LogP contribution >= 0.6 is 11.3 Å². The number of rotatable bonds is 11. The van der Waals surface area contributed by atoms with Crippen molar-refractivity contribution < 1.29 is 23.8 Å². The molecule has 2 aromatic carbocycles. The Bertz CT molecular complexity index is 1210. The van der Waals surface area contributed by atoms with Crippen molar-refractivity contribution in [3.8, 4) is 16.5 Å². The SMILES string of the molecule is CCC(COC(C)c1ccc(OCCc2nc(-c3cc4ccccc4s3)oc2C)cc1)C(=O)O. The average molecular weight is 480 g/mol. The molecule has 1 N–H and O–H groups in total. The number of carboxylic acids is 1. The number of aromatic nitrogens is 1. The van der Waals surface area contributed by atoms with Crippen molar-refractivity contribution in [1.29, 1.82) is 0 Å². The molecule has 0 aliphatic rings. The van der Waals surface area contributed by atoms with E-state index >= 15 is 0 Å². The summed E-state index contributed by atoms with van der Waals surface area (Å²) in [7, 11) is 0. The number of ether oxygens (including phenoxy) is 2. The molecule has 2 atom stereocenters. The summed E-state index contributed by atoms with van der Waals surface area (Å²) in [5, 5.41) is 10.4. The molecule has 0 saturated carbocycles. The Balaban J connectivity index is 1.30. The molecule has 0 radical (unpaired) electrons. The molecular formula is C27H29NO5S. The van der Waals surface area contributed by atoms with Gasteiger partial charge in [0, 0.05) is 11.1 Å². The zero-order valence-corrected chi connectivity index (χ0v) is 20.4. The van der Waals surface area contributed by atoms with E-state index in [1.54, 1.807) is 11.3 Å². The van der Waals surface area contributed by atoms with Crippen LogP contribution in [0, 0.1) is 12.8 Å². The summed E-state index contributed by atoms with van der Waals surface area (Å²) in [6, 6.07) is 18.1. The molecule has 7 heteroatoms. The molecule has 178 valence electrons. The van der Waals surface area contributed by atoms with Gasteiger partial charge in [-0.05, 0) is 55.5 Å². The highest BCUT2D eigenvalue weighted by atomic mass is 32.1. The first kappa shape index (κ1) is 24.0. The Hall–Kier alpha value is -3.16. The van der Waals surface area contributed by atoms with Gasteiger partial charge in [-0.15, -0.1) is 11.3 Å². The molecule has 2 aromatic heterocycles. The zero-order valence-electron chi connectivity index (χ0n) is 19.6. The van der Waals surface area contributed by atoms with E-state index in [1.807, 2.05) is 57.2 Å². The van der Waals surface area contributed by atoms with E-state index in [-0.39, 0.29) is 12.7 Å². The second-order valence-electron chi connectivity index (χ2n) is 8.26. The van der Waals surface area contributed by atoms with Crippen LogP contribution in [-0.2, 0) is 16.0 Å². The van der Waals surface area contributed by atoms with Gasteiger partial charge in [-0.25, -0.2) is 4.98 Å². The molecule has 0 bridgehead atoms. The highest BCUT2D eigenvalue weighted by molar-refractivity contribution is 7.22. The molecule has 4 aromatic rings. The molecule has 0 saturated heterocycles. The van der Waals surface area contributed by atoms with E-state index in [0.29, 0.717) is 25.3 Å². The number of fused-ring (bicyclic) bond motifs is 1. The molecule has 4 rings (SSSR count). The fourth-order valence-corrected chi connectivity index (χ4v) is 4.66. The van der Waals surface area contributed by atoms with E-state index in [2.05, 4.69) is 18.2 Å². The molecule has 2 heterocycles. The van der Waals surface area contributed by atoms with Crippen LogP contribution in [0.1, 0.15) is 43.4 Å². The molecule has 0 fully saturated rings. The number of carboxylic acid groups (broad SMARTS) is 1. The van der Waals surface area contributed by atoms with Crippen LogP contribution in [0.25, 0.3) is 20.9 Å². The second kappa shape index (κ2) is 10.8. The van der Waals surface area contributed by atoms with Crippen molar-refractivity contribution in [2.75, 3.05) is 13.2 Å². The highest BCUT2D eigenvalue weighted by Gasteiger charge is 2.17. The van der Waals surface area contributed by atoms with Crippen LogP contribution in [0.4, 0.5) is 0 Å². The summed E-state index contributed by atoms with van der Waals surface area (Å²) in [6.07, 6.45) is 1.01. The van der Waals surface area contributed by atoms with Crippen LogP contribution in [0.2, 0.25) is 0 Å². The quantitative estimate of drug-likeness (QED) is 0.259. The lowest BCUT2D eigenvalue weighted by molar-refractivity contribution is -0.144. The van der Waals surface area contributed by atoms with Gasteiger partial charge in [0.2, 0.25) is 5.89 Å². The summed E-state index contributed by atoms with van der Waals surface area (Å²) < 4.78 is 18.8. The lowest BCUT2D eigenvalue weighted by Crippen LogP contribution is -2.19. The lowest BCUT2D eigenvalue weighted by Gasteiger charge is -2.17. The standard InChI is InChI=1S/C27H29NO5S/c1-4-19(27(29)30)16-32-17(2)20-9-11-22(12-10-20)31-14-13-23-18(3)33-26(28-23)25-15-21-7-5-6-8-24(21)34-25/h5-12,15,17,19H,4,13-14,16H2,1-3H3,(H,29,30). The van der Waals surface area contributed by atoms with Gasteiger partial charge in [0.25, 0.3) is 0 Å². The van der Waals surface area contributed by atoms with Crippen molar-refractivity contribution in [2.24, 2.45) is 5.92 Å². The minimum absolute atomic E-state index is 0.187.